The normalized spacial score (nSPS) is 9.64. The van der Waals surface area contributed by atoms with Gasteiger partial charge in [-0.05, 0) is 24.6 Å². The van der Waals surface area contributed by atoms with E-state index in [-0.39, 0.29) is 11.4 Å². The second-order valence-electron chi connectivity index (χ2n) is 2.87. The van der Waals surface area contributed by atoms with E-state index in [0.717, 1.165) is 5.56 Å². The summed E-state index contributed by atoms with van der Waals surface area (Å²) in [6.45, 7) is 1.85. The van der Waals surface area contributed by atoms with Crippen molar-refractivity contribution in [3.63, 3.8) is 0 Å². The number of benzene rings is 1. The molecule has 0 atom stereocenters. The van der Waals surface area contributed by atoms with Gasteiger partial charge in [-0.3, -0.25) is 10.1 Å². The van der Waals surface area contributed by atoms with Gasteiger partial charge in [-0.1, -0.05) is 0 Å². The van der Waals surface area contributed by atoms with Crippen molar-refractivity contribution in [2.45, 2.75) is 6.92 Å². The molecule has 0 heterocycles. The van der Waals surface area contributed by atoms with Crippen LogP contribution in [0.1, 0.15) is 5.56 Å². The van der Waals surface area contributed by atoms with Crippen LogP contribution in [0.15, 0.2) is 12.1 Å². The van der Waals surface area contributed by atoms with E-state index in [2.05, 4.69) is 5.32 Å². The lowest BCUT2D eigenvalue weighted by atomic mass is 10.1. The van der Waals surface area contributed by atoms with Crippen LogP contribution in [-0.4, -0.2) is 19.1 Å². The van der Waals surface area contributed by atoms with Crippen LogP contribution in [0.5, 0.6) is 5.75 Å². The third kappa shape index (κ3) is 1.76. The van der Waals surface area contributed by atoms with Crippen LogP contribution in [0.2, 0.25) is 0 Å². The van der Waals surface area contributed by atoms with E-state index in [0.29, 0.717) is 5.69 Å². The molecular formula is C9H12N2O3. The fourth-order valence-electron chi connectivity index (χ4n) is 1.28. The molecule has 0 amide bonds. The first-order valence-corrected chi connectivity index (χ1v) is 4.11. The number of nitrogens with one attached hydrogen (secondary N) is 1. The number of aryl methyl sites for hydroxylation is 1. The molecule has 0 aliphatic rings. The Balaban J connectivity index is 3.40. The van der Waals surface area contributed by atoms with Crippen molar-refractivity contribution < 1.29 is 9.66 Å². The summed E-state index contributed by atoms with van der Waals surface area (Å²) < 4.78 is 4.95. The first kappa shape index (κ1) is 10.3. The predicted molar refractivity (Wildman–Crippen MR) is 53.9 cm³/mol. The van der Waals surface area contributed by atoms with E-state index in [1.165, 1.54) is 7.11 Å². The van der Waals surface area contributed by atoms with Gasteiger partial charge in [0.1, 0.15) is 5.69 Å². The predicted octanol–water partition coefficient (Wildman–Crippen LogP) is 1.95. The first-order valence-electron chi connectivity index (χ1n) is 4.11. The minimum atomic E-state index is -0.454. The van der Waals surface area contributed by atoms with E-state index in [1.807, 2.05) is 6.92 Å². The second kappa shape index (κ2) is 3.95. The Hall–Kier alpha value is -1.78. The highest BCUT2D eigenvalue weighted by atomic mass is 16.6. The van der Waals surface area contributed by atoms with Gasteiger partial charge in [-0.25, -0.2) is 0 Å². The molecule has 0 saturated heterocycles. The average molecular weight is 196 g/mol. The maximum Gasteiger partial charge on any atom is 0.333 e. The molecule has 0 radical (unpaired) electrons. The zero-order chi connectivity index (χ0) is 10.7. The zero-order valence-electron chi connectivity index (χ0n) is 8.33. The zero-order valence-corrected chi connectivity index (χ0v) is 8.33. The van der Waals surface area contributed by atoms with Gasteiger partial charge in [0, 0.05) is 7.05 Å². The third-order valence-corrected chi connectivity index (χ3v) is 1.89. The third-order valence-electron chi connectivity index (χ3n) is 1.89. The number of methoxy groups -OCH3 is 1. The summed E-state index contributed by atoms with van der Waals surface area (Å²) in [5.74, 6) is 0.277. The van der Waals surface area contributed by atoms with Crippen molar-refractivity contribution in [1.29, 1.82) is 0 Å². The van der Waals surface area contributed by atoms with Crippen LogP contribution >= 0.6 is 0 Å². The maximum absolute atomic E-state index is 10.8. The summed E-state index contributed by atoms with van der Waals surface area (Å²) in [5.41, 5.74) is 1.35. The molecule has 0 aromatic heterocycles. The summed E-state index contributed by atoms with van der Waals surface area (Å²) in [5, 5.41) is 13.5. The molecule has 0 fully saturated rings. The molecule has 0 saturated carbocycles. The number of nitrogens with zero attached hydrogens (tertiary/aromatic N) is 1. The van der Waals surface area contributed by atoms with Gasteiger partial charge < -0.3 is 10.1 Å². The van der Waals surface area contributed by atoms with E-state index in [9.17, 15) is 10.1 Å². The van der Waals surface area contributed by atoms with Crippen molar-refractivity contribution in [3.8, 4) is 5.75 Å². The molecule has 0 bridgehead atoms. The number of hydrogen-bond donors (Lipinski definition) is 1. The molecule has 1 rings (SSSR count). The monoisotopic (exact) mass is 196 g/mol. The average Bonchev–Trinajstić information content (AvgIpc) is 2.15. The maximum atomic E-state index is 10.8. The Morgan fingerprint density at radius 3 is 2.57 bits per heavy atom. The number of anilines is 1. The topological polar surface area (TPSA) is 64.4 Å². The molecule has 1 aromatic rings. The Kier molecular flexibility index (Phi) is 2.91. The standard InChI is InChI=1S/C9H12N2O3/c1-6-4-7(10-2)9(11(12)13)8(5-6)14-3/h4-5,10H,1-3H3. The fourth-order valence-corrected chi connectivity index (χ4v) is 1.28. The lowest BCUT2D eigenvalue weighted by Gasteiger charge is -2.07. The number of nitro groups is 1. The Labute approximate surface area is 81.8 Å². The van der Waals surface area contributed by atoms with Crippen LogP contribution in [0.3, 0.4) is 0 Å². The van der Waals surface area contributed by atoms with E-state index in [1.54, 1.807) is 19.2 Å². The highest BCUT2D eigenvalue weighted by Crippen LogP contribution is 2.35. The van der Waals surface area contributed by atoms with Gasteiger partial charge in [0.2, 0.25) is 0 Å². The van der Waals surface area contributed by atoms with Crippen LogP contribution in [0, 0.1) is 17.0 Å². The number of rotatable bonds is 3. The molecule has 0 unspecified atom stereocenters. The Morgan fingerprint density at radius 1 is 1.50 bits per heavy atom. The van der Waals surface area contributed by atoms with Crippen molar-refractivity contribution in [1.82, 2.24) is 0 Å². The van der Waals surface area contributed by atoms with Crippen LogP contribution in [0.4, 0.5) is 11.4 Å². The number of hydrogen-bond acceptors (Lipinski definition) is 4. The lowest BCUT2D eigenvalue weighted by molar-refractivity contribution is -0.384. The fraction of sp³-hybridized carbons (Fsp3) is 0.333. The molecule has 0 aliphatic carbocycles. The summed E-state index contributed by atoms with van der Waals surface area (Å²) in [4.78, 5) is 10.3. The Bertz CT molecular complexity index is 338. The highest BCUT2D eigenvalue weighted by Gasteiger charge is 2.20. The largest absolute Gasteiger partial charge is 0.490 e. The van der Waals surface area contributed by atoms with Gasteiger partial charge in [0.15, 0.2) is 5.75 Å². The summed E-state index contributed by atoms with van der Waals surface area (Å²) >= 11 is 0. The lowest BCUT2D eigenvalue weighted by Crippen LogP contribution is -2.00. The van der Waals surface area contributed by atoms with Gasteiger partial charge in [0.25, 0.3) is 0 Å². The summed E-state index contributed by atoms with van der Waals surface area (Å²) in [6, 6.07) is 3.35. The first-order chi connectivity index (χ1) is 6.60. The van der Waals surface area contributed by atoms with Gasteiger partial charge in [-0.2, -0.15) is 0 Å². The minimum absolute atomic E-state index is 0.0272. The highest BCUT2D eigenvalue weighted by molar-refractivity contribution is 5.69. The molecule has 5 heteroatoms. The molecule has 1 N–H and O–H groups in total. The van der Waals surface area contributed by atoms with Crippen molar-refractivity contribution in [2.24, 2.45) is 0 Å². The van der Waals surface area contributed by atoms with Crippen molar-refractivity contribution >= 4 is 11.4 Å². The smallest absolute Gasteiger partial charge is 0.333 e. The van der Waals surface area contributed by atoms with Crippen LogP contribution in [0.25, 0.3) is 0 Å². The quantitative estimate of drug-likeness (QED) is 0.592. The van der Waals surface area contributed by atoms with Crippen LogP contribution < -0.4 is 10.1 Å². The van der Waals surface area contributed by atoms with Gasteiger partial charge in [0.05, 0.1) is 12.0 Å². The van der Waals surface area contributed by atoms with Crippen LogP contribution in [-0.2, 0) is 0 Å². The molecule has 14 heavy (non-hydrogen) atoms. The van der Waals surface area contributed by atoms with E-state index in [4.69, 9.17) is 4.74 Å². The van der Waals surface area contributed by atoms with Gasteiger partial charge >= 0.3 is 5.69 Å². The Morgan fingerprint density at radius 2 is 2.14 bits per heavy atom. The summed E-state index contributed by atoms with van der Waals surface area (Å²) in [6.07, 6.45) is 0. The van der Waals surface area contributed by atoms with Gasteiger partial charge in [-0.15, -0.1) is 0 Å². The molecule has 0 spiro atoms. The van der Waals surface area contributed by atoms with Crippen molar-refractivity contribution in [2.75, 3.05) is 19.5 Å². The number of nitro benzene ring substituents is 1. The molecule has 76 valence electrons. The SMILES string of the molecule is CNc1cc(C)cc(OC)c1[N+](=O)[O-]. The summed E-state index contributed by atoms with van der Waals surface area (Å²) in [7, 11) is 3.06. The number of ether oxygens (including phenoxy) is 1. The molecule has 0 aliphatic heterocycles. The van der Waals surface area contributed by atoms with E-state index >= 15 is 0 Å². The van der Waals surface area contributed by atoms with Crippen molar-refractivity contribution in [3.05, 3.63) is 27.8 Å². The second-order valence-corrected chi connectivity index (χ2v) is 2.87. The van der Waals surface area contributed by atoms with E-state index < -0.39 is 4.92 Å². The molecule has 1 aromatic carbocycles. The minimum Gasteiger partial charge on any atom is -0.490 e. The molecular weight excluding hydrogens is 184 g/mol. The molecule has 5 nitrogen and oxygen atoms in total.